The van der Waals surface area contributed by atoms with Gasteiger partial charge in [0.15, 0.2) is 0 Å². The molecule has 6 aromatic rings. The van der Waals surface area contributed by atoms with Gasteiger partial charge in [-0.2, -0.15) is 0 Å². The van der Waals surface area contributed by atoms with Crippen LogP contribution < -0.4 is 69.1 Å². The molecule has 598 valence electrons. The van der Waals surface area contributed by atoms with Crippen LogP contribution in [0.3, 0.4) is 0 Å². The van der Waals surface area contributed by atoms with E-state index in [0.717, 1.165) is 10.8 Å². The third-order valence-corrected chi connectivity index (χ3v) is 18.5. The summed E-state index contributed by atoms with van der Waals surface area (Å²) in [6.07, 6.45) is 1.62. The lowest BCUT2D eigenvalue weighted by molar-refractivity contribution is -0.146. The summed E-state index contributed by atoms with van der Waals surface area (Å²) in [5.74, 6) is -11.2. The number of anilines is 2. The fourth-order valence-electron chi connectivity index (χ4n) is 12.7. The number of carbonyl (C=O) groups excluding carboxylic acids is 13. The lowest BCUT2D eigenvalue weighted by atomic mass is 9.99. The van der Waals surface area contributed by atoms with E-state index in [-0.39, 0.29) is 88.1 Å². The average Bonchev–Trinajstić information content (AvgIpc) is 1.25. The summed E-state index contributed by atoms with van der Waals surface area (Å²) in [7, 11) is 0. The molecule has 0 aliphatic carbocycles. The number of carbonyl (C=O) groups is 14. The van der Waals surface area contributed by atoms with Crippen LogP contribution in [0, 0.1) is 5.92 Å². The molecule has 0 unspecified atom stereocenters. The average molecular weight is 1560 g/mol. The van der Waals surface area contributed by atoms with Gasteiger partial charge >= 0.3 is 5.97 Å². The van der Waals surface area contributed by atoms with Crippen LogP contribution in [-0.4, -0.2) is 190 Å². The molecule has 0 saturated carbocycles. The number of aromatic nitrogens is 1. The fourth-order valence-corrected chi connectivity index (χ4v) is 12.9. The number of pyridine rings is 1. The Morgan fingerprint density at radius 3 is 1.44 bits per heavy atom. The van der Waals surface area contributed by atoms with E-state index in [1.165, 1.54) is 50.2 Å². The van der Waals surface area contributed by atoms with Gasteiger partial charge in [0.2, 0.25) is 83.5 Å². The molecule has 1 aromatic heterocycles. The first-order valence-electron chi connectivity index (χ1n) is 37.1. The van der Waals surface area contributed by atoms with Crippen LogP contribution in [-0.2, 0) is 99.2 Å². The van der Waals surface area contributed by atoms with Crippen molar-refractivity contribution in [3.63, 3.8) is 0 Å². The number of nitrogens with one attached hydrogen (secondary N) is 13. The van der Waals surface area contributed by atoms with Gasteiger partial charge in [0.25, 0.3) is 0 Å². The first-order valence-corrected chi connectivity index (χ1v) is 37.4. The van der Waals surface area contributed by atoms with Gasteiger partial charge in [-0.25, -0.2) is 4.79 Å². The number of amides is 13. The Hall–Kier alpha value is -11.7. The summed E-state index contributed by atoms with van der Waals surface area (Å²) in [5.41, 5.74) is 3.24. The largest absolute Gasteiger partial charge is 0.478 e. The van der Waals surface area contributed by atoms with Gasteiger partial charge in [0.1, 0.15) is 54.4 Å². The molecule has 1 aliphatic rings. The zero-order valence-corrected chi connectivity index (χ0v) is 64.3. The number of fused-ring (bicyclic) bond motifs is 1. The van der Waals surface area contributed by atoms with E-state index in [0.29, 0.717) is 70.0 Å². The lowest BCUT2D eigenvalue weighted by Crippen LogP contribution is -2.62. The highest BCUT2D eigenvalue weighted by atomic mass is 35.5. The predicted octanol–water partition coefficient (Wildman–Crippen LogP) is 2.69. The van der Waals surface area contributed by atoms with Crippen LogP contribution in [0.2, 0.25) is 5.02 Å². The number of unbranched alkanes of at least 4 members (excludes halogenated alkanes) is 1. The monoisotopic (exact) mass is 1560 g/mol. The van der Waals surface area contributed by atoms with E-state index >= 15 is 9.59 Å². The highest BCUT2D eigenvalue weighted by Gasteiger charge is 2.41. The predicted molar refractivity (Wildman–Crippen MR) is 418 cm³/mol. The van der Waals surface area contributed by atoms with Crippen LogP contribution in [0.5, 0.6) is 0 Å². The van der Waals surface area contributed by atoms with E-state index in [4.69, 9.17) is 11.6 Å². The van der Waals surface area contributed by atoms with Crippen molar-refractivity contribution in [2.75, 3.05) is 30.3 Å². The van der Waals surface area contributed by atoms with Crippen LogP contribution in [0.15, 0.2) is 140 Å². The molecule has 13 amide bonds. The number of hydrogen-bond donors (Lipinski definition) is 15. The summed E-state index contributed by atoms with van der Waals surface area (Å²) in [6.45, 7) is 10.9. The van der Waals surface area contributed by atoms with Crippen LogP contribution in [0.4, 0.5) is 11.4 Å². The minimum absolute atomic E-state index is 0.0191. The molecule has 1 fully saturated rings. The number of rotatable bonds is 42. The summed E-state index contributed by atoms with van der Waals surface area (Å²) >= 11 is 6.26. The Kier molecular flexibility index (Phi) is 34.1. The zero-order chi connectivity index (χ0) is 81.6. The van der Waals surface area contributed by atoms with Crippen molar-refractivity contribution >= 4 is 117 Å². The normalized spacial score (nSPS) is 14.9. The van der Waals surface area contributed by atoms with Crippen molar-refractivity contribution in [3.8, 4) is 0 Å². The van der Waals surface area contributed by atoms with E-state index in [2.05, 4.69) is 68.8 Å². The van der Waals surface area contributed by atoms with Gasteiger partial charge in [0, 0.05) is 94.3 Å². The van der Waals surface area contributed by atoms with E-state index in [1.807, 2.05) is 61.6 Å². The molecule has 15 N–H and O–H groups in total. The molecule has 2 heterocycles. The first-order chi connectivity index (χ1) is 53.4. The molecule has 32 heteroatoms. The number of benzene rings is 5. The Morgan fingerprint density at radius 2 is 0.964 bits per heavy atom. The molecule has 1 saturated heterocycles. The van der Waals surface area contributed by atoms with Crippen LogP contribution in [0.25, 0.3) is 10.8 Å². The maximum absolute atomic E-state index is 15.3. The molecule has 31 nitrogen and oxygen atoms in total. The second kappa shape index (κ2) is 43.6. The SMILES string of the molecule is CC(=O)Nc1ccc(C[C@H](NC(=O)[C@H](CO)NC(=O)[C@@H](Cc2cccnc2)NC(=O)[C@@H](Cc2ccc(Cl)cc2)NC(=O)[C@@H](Cc2ccc3ccccc3c2)NC(C)=O)C(=O)N[C@H](Cc2ccc(NC(C)=O)cc2)C(=O)N[C@@H](CC(C)C)C(=O)N[C@@H](CCCCNC(C)C)C(=O)N2CCC[C@H]2C(=O)N[C@@H](NC=O)C(=O)O)cc1. The number of hydrogen-bond acceptors (Lipinski definition) is 17. The van der Waals surface area contributed by atoms with Crippen molar-refractivity contribution in [1.29, 1.82) is 0 Å². The van der Waals surface area contributed by atoms with Crippen molar-refractivity contribution in [1.82, 2.24) is 68.4 Å². The van der Waals surface area contributed by atoms with Crippen LogP contribution in [0.1, 0.15) is 115 Å². The van der Waals surface area contributed by atoms with Crippen molar-refractivity contribution in [3.05, 3.63) is 173 Å². The minimum Gasteiger partial charge on any atom is -0.478 e. The Labute approximate surface area is 654 Å². The molecule has 7 rings (SSSR count). The van der Waals surface area contributed by atoms with Crippen LogP contribution >= 0.6 is 11.6 Å². The zero-order valence-electron chi connectivity index (χ0n) is 63.6. The molecule has 0 bridgehead atoms. The van der Waals surface area contributed by atoms with Gasteiger partial charge in [-0.15, -0.1) is 0 Å². The number of aliphatic hydroxyl groups excluding tert-OH is 1. The van der Waals surface area contributed by atoms with Crippen molar-refractivity contribution < 1.29 is 77.3 Å². The topological polar surface area (TPSA) is 452 Å². The number of carboxylic acid groups (broad SMARTS) is 1. The number of aliphatic carboxylic acids is 1. The maximum atomic E-state index is 15.3. The van der Waals surface area contributed by atoms with E-state index in [9.17, 15) is 67.7 Å². The van der Waals surface area contributed by atoms with Gasteiger partial charge in [0.05, 0.1) is 6.61 Å². The number of likely N-dealkylation sites (tertiary alicyclic amines) is 1. The van der Waals surface area contributed by atoms with E-state index in [1.54, 1.807) is 86.6 Å². The quantitative estimate of drug-likeness (QED) is 0.0149. The summed E-state index contributed by atoms with van der Waals surface area (Å²) in [6, 6.07) is 22.2. The molecule has 0 spiro atoms. The smallest absolute Gasteiger partial charge is 0.347 e. The van der Waals surface area contributed by atoms with Gasteiger partial charge in [-0.1, -0.05) is 124 Å². The molecule has 10 atom stereocenters. The minimum atomic E-state index is -1.87. The number of aliphatic hydroxyl groups is 1. The van der Waals surface area contributed by atoms with Crippen molar-refractivity contribution in [2.24, 2.45) is 5.92 Å². The summed E-state index contributed by atoms with van der Waals surface area (Å²) in [4.78, 5) is 198. The highest BCUT2D eigenvalue weighted by molar-refractivity contribution is 6.30. The molecular weight excluding hydrogens is 1460 g/mol. The lowest BCUT2D eigenvalue weighted by Gasteiger charge is -2.31. The number of nitrogens with zero attached hydrogens (tertiary/aromatic N) is 2. The second-order valence-corrected chi connectivity index (χ2v) is 28.7. The summed E-state index contributed by atoms with van der Waals surface area (Å²) < 4.78 is 0. The Balaban J connectivity index is 1.18. The third-order valence-electron chi connectivity index (χ3n) is 18.3. The standard InChI is InChI=1S/C80H100ClN15O16/c1-46(2)36-62(71(102)88-61(17-10-11-34-83-47(3)4)79(110)96-35-13-18-69(96)78(109)95-70(80(111)112)84-45-98)89-73(104)65(39-52-22-29-59(30-23-52)85-48(5)99)91-75(106)66(40-53-24-31-60(32-25-53)86-49(6)100)93-77(108)68(44-97)94-76(107)67(42-55-14-12-33-82-43-55)92-74(105)64(38-51-20-27-58(81)28-21-51)90-72(103)63(87-50(7)101)41-54-19-26-56-15-8-9-16-57(56)37-54/h8-9,12,14-16,19-33,37,43,45-47,61-70,83,97H,10-11,13,17-18,34-36,38-42,44H2,1-7H3,(H,84,98)(H,85,99)(H,86,100)(H,87,101)(H,88,102)(H,89,104)(H,90,103)(H,91,106)(H,92,105)(H,93,108)(H,94,107)(H,95,109)(H,111,112)/t61-,62-,63+,64+,65+,66-,67+,68-,69-,70+/m0/s1. The molecule has 5 aromatic carbocycles. The third kappa shape index (κ3) is 28.3. The summed E-state index contributed by atoms with van der Waals surface area (Å²) in [5, 5.41) is 57.6. The van der Waals surface area contributed by atoms with Gasteiger partial charge in [-0.05, 0) is 132 Å². The maximum Gasteiger partial charge on any atom is 0.347 e. The molecule has 1 aliphatic heterocycles. The number of carboxylic acids is 1. The Bertz CT molecular complexity index is 4270. The van der Waals surface area contributed by atoms with E-state index < -0.39 is 132 Å². The van der Waals surface area contributed by atoms with Gasteiger partial charge in [-0.3, -0.25) is 67.3 Å². The molecule has 0 radical (unpaired) electrons. The van der Waals surface area contributed by atoms with Gasteiger partial charge < -0.3 is 84.2 Å². The highest BCUT2D eigenvalue weighted by Crippen LogP contribution is 2.23. The molecular formula is C80H100ClN15O16. The fraction of sp³-hybridized carbons (Fsp3) is 0.412. The van der Waals surface area contributed by atoms with Crippen molar-refractivity contribution in [2.45, 2.75) is 186 Å². The number of halogens is 1. The second-order valence-electron chi connectivity index (χ2n) is 28.3. The first kappa shape index (κ1) is 87.5. The molecule has 112 heavy (non-hydrogen) atoms. The Morgan fingerprint density at radius 1 is 0.509 bits per heavy atom.